The molecule has 2 aromatic carbocycles. The summed E-state index contributed by atoms with van der Waals surface area (Å²) in [6.07, 6.45) is 0.154. The number of hydrogen-bond acceptors (Lipinski definition) is 4. The summed E-state index contributed by atoms with van der Waals surface area (Å²) in [6, 6.07) is 12.1. The van der Waals surface area contributed by atoms with Crippen LogP contribution in [0.1, 0.15) is 32.7 Å². The highest BCUT2D eigenvalue weighted by Gasteiger charge is 2.26. The Labute approximate surface area is 132 Å². The fourth-order valence-corrected chi connectivity index (χ4v) is 2.68. The maximum Gasteiger partial charge on any atom is 0.340 e. The second-order valence-corrected chi connectivity index (χ2v) is 5.24. The van der Waals surface area contributed by atoms with Crippen LogP contribution in [0.4, 0.5) is 5.69 Å². The first-order valence-corrected chi connectivity index (χ1v) is 7.06. The van der Waals surface area contributed by atoms with Crippen molar-refractivity contribution in [1.82, 2.24) is 0 Å². The number of halogens is 1. The fourth-order valence-electron chi connectivity index (χ4n) is 2.44. The molecule has 0 bridgehead atoms. The summed E-state index contributed by atoms with van der Waals surface area (Å²) in [5, 5.41) is 0.521. The zero-order valence-electron chi connectivity index (χ0n) is 11.8. The maximum atomic E-state index is 12.4. The zero-order valence-corrected chi connectivity index (χ0v) is 12.6. The Morgan fingerprint density at radius 2 is 1.86 bits per heavy atom. The van der Waals surface area contributed by atoms with Crippen molar-refractivity contribution in [1.29, 1.82) is 0 Å². The minimum absolute atomic E-state index is 0.0920. The van der Waals surface area contributed by atoms with E-state index in [4.69, 9.17) is 16.3 Å². The van der Waals surface area contributed by atoms with Crippen LogP contribution in [-0.2, 0) is 4.74 Å². The molecule has 2 aromatic rings. The van der Waals surface area contributed by atoms with E-state index in [9.17, 15) is 9.59 Å². The topological polar surface area (TPSA) is 55.7 Å². The highest BCUT2D eigenvalue weighted by molar-refractivity contribution is 6.35. The highest BCUT2D eigenvalue weighted by atomic mass is 35.5. The second-order valence-electron chi connectivity index (χ2n) is 4.83. The molecule has 0 spiro atoms. The van der Waals surface area contributed by atoms with Crippen molar-refractivity contribution in [3.63, 3.8) is 0 Å². The molecule has 0 saturated heterocycles. The Kier molecular flexibility index (Phi) is 3.77. The molecule has 0 amide bonds. The number of ketones is 1. The molecule has 3 rings (SSSR count). The van der Waals surface area contributed by atoms with E-state index in [1.165, 1.54) is 7.11 Å². The monoisotopic (exact) mass is 313 g/mol. The lowest BCUT2D eigenvalue weighted by atomic mass is 9.94. The summed E-state index contributed by atoms with van der Waals surface area (Å²) < 4.78 is 4.76. The number of aliphatic imine (C=N–C) groups is 1. The van der Waals surface area contributed by atoms with E-state index in [1.54, 1.807) is 30.3 Å². The van der Waals surface area contributed by atoms with Crippen molar-refractivity contribution in [3.8, 4) is 0 Å². The second kappa shape index (κ2) is 5.73. The number of ether oxygens (including phenoxy) is 1. The smallest absolute Gasteiger partial charge is 0.340 e. The summed E-state index contributed by atoms with van der Waals surface area (Å²) in [7, 11) is 1.30. The Balaban J connectivity index is 2.20. The van der Waals surface area contributed by atoms with E-state index >= 15 is 0 Å². The maximum absolute atomic E-state index is 12.4. The van der Waals surface area contributed by atoms with E-state index < -0.39 is 5.97 Å². The van der Waals surface area contributed by atoms with Crippen LogP contribution in [0.2, 0.25) is 5.02 Å². The van der Waals surface area contributed by atoms with Crippen LogP contribution >= 0.6 is 11.6 Å². The van der Waals surface area contributed by atoms with Crippen LogP contribution in [-0.4, -0.2) is 24.6 Å². The first-order chi connectivity index (χ1) is 10.6. The van der Waals surface area contributed by atoms with Crippen LogP contribution in [0.5, 0.6) is 0 Å². The molecule has 1 aliphatic heterocycles. The predicted molar refractivity (Wildman–Crippen MR) is 84.4 cm³/mol. The molecule has 22 heavy (non-hydrogen) atoms. The molecule has 0 unspecified atom stereocenters. The van der Waals surface area contributed by atoms with Gasteiger partial charge < -0.3 is 4.74 Å². The normalized spacial score (nSPS) is 13.4. The Morgan fingerprint density at radius 3 is 2.59 bits per heavy atom. The van der Waals surface area contributed by atoms with Gasteiger partial charge in [0.1, 0.15) is 0 Å². The van der Waals surface area contributed by atoms with Gasteiger partial charge in [0.15, 0.2) is 5.78 Å². The Bertz CT molecular complexity index is 811. The molecule has 110 valence electrons. The van der Waals surface area contributed by atoms with Gasteiger partial charge in [0.05, 0.1) is 30.5 Å². The highest BCUT2D eigenvalue weighted by Crippen LogP contribution is 2.33. The minimum Gasteiger partial charge on any atom is -0.465 e. The van der Waals surface area contributed by atoms with Crippen molar-refractivity contribution in [2.24, 2.45) is 4.99 Å². The van der Waals surface area contributed by atoms with Gasteiger partial charge in [0.2, 0.25) is 0 Å². The number of carbonyl (C=O) groups excluding carboxylic acids is 2. The molecule has 0 N–H and O–H groups in total. The predicted octanol–water partition coefficient (Wildman–Crippen LogP) is 3.83. The molecular weight excluding hydrogens is 302 g/mol. The van der Waals surface area contributed by atoms with E-state index in [-0.39, 0.29) is 17.8 Å². The first kappa shape index (κ1) is 14.5. The molecule has 0 saturated carbocycles. The van der Waals surface area contributed by atoms with Gasteiger partial charge in [0.25, 0.3) is 0 Å². The van der Waals surface area contributed by atoms with Crippen LogP contribution in [0, 0.1) is 0 Å². The van der Waals surface area contributed by atoms with Crippen molar-refractivity contribution < 1.29 is 14.3 Å². The molecule has 4 nitrogen and oxygen atoms in total. The van der Waals surface area contributed by atoms with E-state index in [0.717, 1.165) is 0 Å². The molecule has 0 atom stereocenters. The zero-order chi connectivity index (χ0) is 15.7. The quantitative estimate of drug-likeness (QED) is 0.792. The van der Waals surface area contributed by atoms with Gasteiger partial charge in [-0.05, 0) is 18.2 Å². The van der Waals surface area contributed by atoms with E-state index in [2.05, 4.69) is 4.99 Å². The molecule has 0 aromatic heterocycles. The lowest BCUT2D eigenvalue weighted by molar-refractivity contribution is 0.0601. The number of carbonyl (C=O) groups is 2. The summed E-state index contributed by atoms with van der Waals surface area (Å²) in [5.41, 5.74) is 2.30. The molecule has 0 radical (unpaired) electrons. The standard InChI is InChI=1S/C17H12ClNO3/c1-22-17(21)12-7-4-6-11-15(20)9-14(19-16(11)12)10-5-2-3-8-13(10)18/h2-8H,9H2,1H3. The van der Waals surface area contributed by atoms with Gasteiger partial charge in [-0.15, -0.1) is 0 Å². The number of para-hydroxylation sites is 1. The van der Waals surface area contributed by atoms with Crippen molar-refractivity contribution in [2.45, 2.75) is 6.42 Å². The molecule has 5 heteroatoms. The molecule has 1 heterocycles. The van der Waals surface area contributed by atoms with Crippen LogP contribution in [0.3, 0.4) is 0 Å². The van der Waals surface area contributed by atoms with Crippen molar-refractivity contribution in [3.05, 3.63) is 64.2 Å². The van der Waals surface area contributed by atoms with Crippen LogP contribution in [0.15, 0.2) is 47.5 Å². The average molecular weight is 314 g/mol. The number of rotatable bonds is 2. The lowest BCUT2D eigenvalue weighted by Gasteiger charge is -2.17. The third kappa shape index (κ3) is 2.42. The summed E-state index contributed by atoms with van der Waals surface area (Å²) in [6.45, 7) is 0. The third-order valence-corrected chi connectivity index (χ3v) is 3.83. The number of benzene rings is 2. The van der Waals surface area contributed by atoms with E-state index in [0.29, 0.717) is 27.5 Å². The molecule has 1 aliphatic rings. The van der Waals surface area contributed by atoms with Crippen molar-refractivity contribution in [2.75, 3.05) is 7.11 Å². The van der Waals surface area contributed by atoms with Crippen LogP contribution in [0.25, 0.3) is 0 Å². The van der Waals surface area contributed by atoms with Gasteiger partial charge in [-0.2, -0.15) is 0 Å². The first-order valence-electron chi connectivity index (χ1n) is 6.69. The van der Waals surface area contributed by atoms with Gasteiger partial charge in [-0.1, -0.05) is 35.9 Å². The number of esters is 1. The minimum atomic E-state index is -0.520. The van der Waals surface area contributed by atoms with Crippen LogP contribution < -0.4 is 0 Å². The number of Topliss-reactive ketones (excluding diaryl/α,β-unsaturated/α-hetero) is 1. The molecule has 0 fully saturated rings. The largest absolute Gasteiger partial charge is 0.465 e. The molecule has 0 aliphatic carbocycles. The SMILES string of the molecule is COC(=O)c1cccc2c1N=C(c1ccccc1Cl)CC2=O. The van der Waals surface area contributed by atoms with Gasteiger partial charge in [-0.3, -0.25) is 9.79 Å². The van der Waals surface area contributed by atoms with Gasteiger partial charge >= 0.3 is 5.97 Å². The fraction of sp³-hybridized carbons (Fsp3) is 0.118. The Hall–Kier alpha value is -2.46. The summed E-state index contributed by atoms with van der Waals surface area (Å²) in [4.78, 5) is 28.7. The number of nitrogens with zero attached hydrogens (tertiary/aromatic N) is 1. The number of methoxy groups -OCH3 is 1. The van der Waals surface area contributed by atoms with Gasteiger partial charge in [-0.25, -0.2) is 4.79 Å². The van der Waals surface area contributed by atoms with Crippen molar-refractivity contribution >= 4 is 34.8 Å². The Morgan fingerprint density at radius 1 is 1.14 bits per heavy atom. The average Bonchev–Trinajstić information content (AvgIpc) is 2.54. The summed E-state index contributed by atoms with van der Waals surface area (Å²) >= 11 is 6.18. The van der Waals surface area contributed by atoms with E-state index in [1.807, 2.05) is 12.1 Å². The molecular formula is C17H12ClNO3. The third-order valence-electron chi connectivity index (χ3n) is 3.50. The number of hydrogen-bond donors (Lipinski definition) is 0. The number of fused-ring (bicyclic) bond motifs is 1. The summed E-state index contributed by atoms with van der Waals surface area (Å²) in [5.74, 6) is -0.612. The lowest BCUT2D eigenvalue weighted by Crippen LogP contribution is -2.16. The van der Waals surface area contributed by atoms with Gasteiger partial charge in [0, 0.05) is 16.1 Å².